The number of nitrogens with one attached hydrogen (secondary N) is 2. The second-order valence-electron chi connectivity index (χ2n) is 8.96. The molecule has 0 atom stereocenters. The zero-order chi connectivity index (χ0) is 28.4. The van der Waals surface area contributed by atoms with Crippen LogP contribution < -0.4 is 10.0 Å². The van der Waals surface area contributed by atoms with E-state index in [1.54, 1.807) is 12.1 Å². The summed E-state index contributed by atoms with van der Waals surface area (Å²) in [6, 6.07) is 14.7. The largest absolute Gasteiger partial charge is 0.326 e. The van der Waals surface area contributed by atoms with Gasteiger partial charge in [0, 0.05) is 34.7 Å². The van der Waals surface area contributed by atoms with Gasteiger partial charge in [-0.1, -0.05) is 52.5 Å². The smallest absolute Gasteiger partial charge is 0.261 e. The lowest BCUT2D eigenvalue weighted by atomic mass is 9.97. The summed E-state index contributed by atoms with van der Waals surface area (Å²) in [4.78, 5) is 12.8. The van der Waals surface area contributed by atoms with Crippen molar-refractivity contribution in [1.82, 2.24) is 4.31 Å². The van der Waals surface area contributed by atoms with Crippen LogP contribution in [0, 0.1) is 5.92 Å². The Balaban J connectivity index is 1.32. The molecule has 2 N–H and O–H groups in total. The fourth-order valence-corrected chi connectivity index (χ4v) is 7.55. The number of benzene rings is 3. The van der Waals surface area contributed by atoms with Crippen molar-refractivity contribution < 1.29 is 21.6 Å². The number of halogens is 4. The second-order valence-corrected chi connectivity index (χ2v) is 14.3. The number of amides is 1. The van der Waals surface area contributed by atoms with Crippen molar-refractivity contribution in [3.63, 3.8) is 0 Å². The number of sulfonamides is 2. The molecule has 4 rings (SSSR count). The minimum Gasteiger partial charge on any atom is -0.326 e. The zero-order valence-corrected chi connectivity index (χ0v) is 24.9. The molecule has 3 aromatic carbocycles. The number of rotatable bonds is 8. The Morgan fingerprint density at radius 2 is 1.41 bits per heavy atom. The van der Waals surface area contributed by atoms with E-state index < -0.39 is 20.0 Å². The third kappa shape index (κ3) is 7.79. The molecule has 1 saturated heterocycles. The Labute approximate surface area is 247 Å². The number of hydrogen-bond acceptors (Lipinski definition) is 5. The number of carbonyl (C=O) groups excluding carboxylic acids is 1. The van der Waals surface area contributed by atoms with E-state index in [-0.39, 0.29) is 56.3 Å². The lowest BCUT2D eigenvalue weighted by molar-refractivity contribution is -0.120. The maximum absolute atomic E-state index is 12.9. The summed E-state index contributed by atoms with van der Waals surface area (Å²) in [5.41, 5.74) is 1.16. The molecule has 14 heteroatoms. The molecule has 0 spiro atoms. The first kappa shape index (κ1) is 29.9. The molecule has 0 aliphatic carbocycles. The summed E-state index contributed by atoms with van der Waals surface area (Å²) in [5.74, 6) is -0.868. The van der Waals surface area contributed by atoms with Crippen LogP contribution in [0.3, 0.4) is 0 Å². The normalized spacial score (nSPS) is 15.2. The van der Waals surface area contributed by atoms with E-state index in [2.05, 4.69) is 10.0 Å². The molecule has 208 valence electrons. The van der Waals surface area contributed by atoms with E-state index >= 15 is 0 Å². The maximum atomic E-state index is 12.9. The first-order chi connectivity index (χ1) is 18.3. The number of carbonyl (C=O) groups is 1. The first-order valence-corrected chi connectivity index (χ1v) is 16.2. The van der Waals surface area contributed by atoms with E-state index in [0.29, 0.717) is 29.1 Å². The number of hydrogen-bond donors (Lipinski definition) is 2. The van der Waals surface area contributed by atoms with E-state index in [0.717, 1.165) is 0 Å². The highest BCUT2D eigenvalue weighted by Gasteiger charge is 2.31. The van der Waals surface area contributed by atoms with Crippen LogP contribution in [-0.4, -0.2) is 40.1 Å². The average Bonchev–Trinajstić information content (AvgIpc) is 2.85. The highest BCUT2D eigenvalue weighted by Crippen LogP contribution is 2.28. The molecule has 0 saturated carbocycles. The zero-order valence-electron chi connectivity index (χ0n) is 20.2. The van der Waals surface area contributed by atoms with E-state index in [9.17, 15) is 21.6 Å². The van der Waals surface area contributed by atoms with E-state index in [1.165, 1.54) is 52.8 Å². The summed E-state index contributed by atoms with van der Waals surface area (Å²) >= 11 is 23.8. The van der Waals surface area contributed by atoms with Gasteiger partial charge in [-0.3, -0.25) is 9.52 Å². The van der Waals surface area contributed by atoms with Gasteiger partial charge in [-0.05, 0) is 73.0 Å². The van der Waals surface area contributed by atoms with Gasteiger partial charge in [-0.2, -0.15) is 0 Å². The van der Waals surface area contributed by atoms with Gasteiger partial charge in [0.1, 0.15) is 0 Å². The number of nitrogens with zero attached hydrogens (tertiary/aromatic N) is 1. The standard InChI is InChI=1S/C25H23Cl4N3O5S2/c26-18-12-19(27)14-21(13-18)31-39(36,37)22-4-2-20(3-5-22)30-25(33)17-7-9-32(10-8-17)38(34,35)15-16-1-6-23(28)24(29)11-16/h1-6,11-14,17,31H,7-10,15H2,(H,30,33). The molecule has 0 bridgehead atoms. The van der Waals surface area contributed by atoms with Crippen molar-refractivity contribution in [3.05, 3.63) is 86.3 Å². The Bertz CT molecular complexity index is 1570. The molecule has 1 aliphatic heterocycles. The van der Waals surface area contributed by atoms with Crippen LogP contribution in [0.25, 0.3) is 0 Å². The summed E-state index contributed by atoms with van der Waals surface area (Å²) in [5, 5.41) is 3.98. The predicted molar refractivity (Wildman–Crippen MR) is 156 cm³/mol. The third-order valence-electron chi connectivity index (χ3n) is 6.10. The van der Waals surface area contributed by atoms with Crippen LogP contribution in [0.5, 0.6) is 0 Å². The highest BCUT2D eigenvalue weighted by molar-refractivity contribution is 7.92. The molecule has 1 heterocycles. The summed E-state index contributed by atoms with van der Waals surface area (Å²) in [6.07, 6.45) is 0.704. The SMILES string of the molecule is O=C(Nc1ccc(S(=O)(=O)Nc2cc(Cl)cc(Cl)c2)cc1)C1CCN(S(=O)(=O)Cc2ccc(Cl)c(Cl)c2)CC1. The molecule has 1 fully saturated rings. The topological polar surface area (TPSA) is 113 Å². The van der Waals surface area contributed by atoms with Gasteiger partial charge in [-0.25, -0.2) is 21.1 Å². The minimum absolute atomic E-state index is 0.0166. The van der Waals surface area contributed by atoms with Crippen molar-refractivity contribution in [2.45, 2.75) is 23.5 Å². The minimum atomic E-state index is -3.92. The van der Waals surface area contributed by atoms with Crippen molar-refractivity contribution in [2.75, 3.05) is 23.1 Å². The first-order valence-electron chi connectivity index (χ1n) is 11.6. The van der Waals surface area contributed by atoms with Gasteiger partial charge in [0.2, 0.25) is 15.9 Å². The Morgan fingerprint density at radius 1 is 0.795 bits per heavy atom. The Morgan fingerprint density at radius 3 is 2.00 bits per heavy atom. The van der Waals surface area contributed by atoms with Gasteiger partial charge in [0.25, 0.3) is 10.0 Å². The fraction of sp³-hybridized carbons (Fsp3) is 0.240. The van der Waals surface area contributed by atoms with Gasteiger partial charge < -0.3 is 5.32 Å². The van der Waals surface area contributed by atoms with Crippen LogP contribution in [0.1, 0.15) is 18.4 Å². The molecule has 0 unspecified atom stereocenters. The van der Waals surface area contributed by atoms with E-state index in [1.807, 2.05) is 0 Å². The molecule has 3 aromatic rings. The molecule has 0 radical (unpaired) electrons. The molecular weight excluding hydrogens is 628 g/mol. The average molecular weight is 651 g/mol. The molecule has 0 aromatic heterocycles. The van der Waals surface area contributed by atoms with Crippen LogP contribution in [0.2, 0.25) is 20.1 Å². The van der Waals surface area contributed by atoms with Gasteiger partial charge in [0.15, 0.2) is 0 Å². The summed E-state index contributed by atoms with van der Waals surface area (Å²) in [6.45, 7) is 0.413. The monoisotopic (exact) mass is 649 g/mol. The maximum Gasteiger partial charge on any atom is 0.261 e. The molecule has 1 amide bonds. The molecular formula is C25H23Cl4N3O5S2. The van der Waals surface area contributed by atoms with Crippen molar-refractivity contribution >= 4 is 83.7 Å². The molecule has 39 heavy (non-hydrogen) atoms. The lowest BCUT2D eigenvalue weighted by Gasteiger charge is -2.30. The molecule has 8 nitrogen and oxygen atoms in total. The quantitative estimate of drug-likeness (QED) is 0.298. The third-order valence-corrected chi connectivity index (χ3v) is 10.5. The number of anilines is 2. The van der Waals surface area contributed by atoms with Crippen LogP contribution in [0.15, 0.2) is 65.6 Å². The van der Waals surface area contributed by atoms with Crippen molar-refractivity contribution in [2.24, 2.45) is 5.92 Å². The summed E-state index contributed by atoms with van der Waals surface area (Å²) in [7, 11) is -7.51. The van der Waals surface area contributed by atoms with E-state index in [4.69, 9.17) is 46.4 Å². The molecule has 1 aliphatic rings. The fourth-order valence-electron chi connectivity index (χ4n) is 4.12. The predicted octanol–water partition coefficient (Wildman–Crippen LogP) is 6.28. The number of piperidine rings is 1. The Kier molecular flexibility index (Phi) is 9.37. The lowest BCUT2D eigenvalue weighted by Crippen LogP contribution is -2.41. The van der Waals surface area contributed by atoms with Gasteiger partial charge in [-0.15, -0.1) is 0 Å². The van der Waals surface area contributed by atoms with Gasteiger partial charge in [0.05, 0.1) is 26.4 Å². The highest BCUT2D eigenvalue weighted by atomic mass is 35.5. The van der Waals surface area contributed by atoms with Crippen LogP contribution in [0.4, 0.5) is 11.4 Å². The van der Waals surface area contributed by atoms with Crippen LogP contribution >= 0.6 is 46.4 Å². The van der Waals surface area contributed by atoms with Crippen molar-refractivity contribution in [3.8, 4) is 0 Å². The summed E-state index contributed by atoms with van der Waals surface area (Å²) < 4.78 is 54.9. The van der Waals surface area contributed by atoms with Gasteiger partial charge >= 0.3 is 0 Å². The second kappa shape index (κ2) is 12.2. The van der Waals surface area contributed by atoms with Crippen LogP contribution in [-0.2, 0) is 30.6 Å². The Hall–Kier alpha value is -2.05. The van der Waals surface area contributed by atoms with Crippen molar-refractivity contribution in [1.29, 1.82) is 0 Å².